The number of nitrogens with zero attached hydrogens (tertiary/aromatic N) is 1. The highest BCUT2D eigenvalue weighted by Gasteiger charge is 2.14. The molecular weight excluding hydrogens is 242 g/mol. The number of Topliss-reactive ketones (excluding diaryl/α,β-unsaturated/α-hetero) is 1. The van der Waals surface area contributed by atoms with E-state index in [2.05, 4.69) is 22.5 Å². The molecule has 18 heavy (non-hydrogen) atoms. The van der Waals surface area contributed by atoms with Gasteiger partial charge in [-0.15, -0.1) is 11.3 Å². The topological polar surface area (TPSA) is 30.0 Å². The second kappa shape index (κ2) is 6.45. The minimum atomic E-state index is -0.0173. The number of hydrogen-bond acceptors (Lipinski definition) is 3. The molecular formula is C15H17NOS. The van der Waals surface area contributed by atoms with E-state index in [0.717, 1.165) is 18.4 Å². The first-order valence-corrected chi connectivity index (χ1v) is 7.10. The van der Waals surface area contributed by atoms with Gasteiger partial charge in [0.1, 0.15) is 5.78 Å². The summed E-state index contributed by atoms with van der Waals surface area (Å²) in [7, 11) is 0. The van der Waals surface area contributed by atoms with Gasteiger partial charge in [0.15, 0.2) is 0 Å². The van der Waals surface area contributed by atoms with Crippen molar-refractivity contribution in [3.8, 4) is 0 Å². The minimum Gasteiger partial charge on any atom is -0.299 e. The molecule has 2 nitrogen and oxygen atoms in total. The van der Waals surface area contributed by atoms with Crippen molar-refractivity contribution in [2.24, 2.45) is 0 Å². The van der Waals surface area contributed by atoms with E-state index >= 15 is 0 Å². The van der Waals surface area contributed by atoms with Crippen LogP contribution >= 0.6 is 11.3 Å². The zero-order valence-electron chi connectivity index (χ0n) is 10.5. The van der Waals surface area contributed by atoms with Gasteiger partial charge in [0.25, 0.3) is 0 Å². The first kappa shape index (κ1) is 13.0. The number of rotatable bonds is 6. The van der Waals surface area contributed by atoms with Crippen LogP contribution < -0.4 is 0 Å². The van der Waals surface area contributed by atoms with Crippen LogP contribution in [0.5, 0.6) is 0 Å². The summed E-state index contributed by atoms with van der Waals surface area (Å²) in [5, 5.41) is 2.08. The number of aromatic nitrogens is 1. The molecule has 1 unspecified atom stereocenters. The molecule has 2 aromatic rings. The average Bonchev–Trinajstić information content (AvgIpc) is 2.92. The van der Waals surface area contributed by atoms with Gasteiger partial charge in [-0.2, -0.15) is 0 Å². The van der Waals surface area contributed by atoms with Crippen LogP contribution in [0, 0.1) is 0 Å². The van der Waals surface area contributed by atoms with E-state index in [0.29, 0.717) is 12.2 Å². The molecule has 0 saturated heterocycles. The van der Waals surface area contributed by atoms with Gasteiger partial charge >= 0.3 is 0 Å². The third-order valence-electron chi connectivity index (χ3n) is 3.12. The molecule has 0 radical (unpaired) electrons. The van der Waals surface area contributed by atoms with Crippen LogP contribution in [0.3, 0.4) is 0 Å². The molecule has 0 saturated carbocycles. The lowest BCUT2D eigenvalue weighted by Crippen LogP contribution is -2.09. The van der Waals surface area contributed by atoms with E-state index in [-0.39, 0.29) is 5.92 Å². The molecule has 0 spiro atoms. The maximum Gasteiger partial charge on any atom is 0.140 e. The fraction of sp³-hybridized carbons (Fsp3) is 0.333. The van der Waals surface area contributed by atoms with E-state index in [1.54, 1.807) is 23.7 Å². The summed E-state index contributed by atoms with van der Waals surface area (Å²) in [6, 6.07) is 8.02. The number of carbonyl (C=O) groups excluding carboxylic acids is 1. The Kier molecular flexibility index (Phi) is 4.65. The lowest BCUT2D eigenvalue weighted by atomic mass is 9.94. The average molecular weight is 259 g/mol. The smallest absolute Gasteiger partial charge is 0.140 e. The van der Waals surface area contributed by atoms with Crippen LogP contribution in [0.15, 0.2) is 42.0 Å². The van der Waals surface area contributed by atoms with Gasteiger partial charge in [-0.1, -0.05) is 13.0 Å². The molecule has 0 aliphatic carbocycles. The summed E-state index contributed by atoms with van der Waals surface area (Å²) < 4.78 is 0. The molecule has 3 heteroatoms. The summed E-state index contributed by atoms with van der Waals surface area (Å²) in [5.74, 6) is 0.300. The predicted octanol–water partition coefficient (Wildman–Crippen LogP) is 3.84. The number of thiophene rings is 1. The normalized spacial score (nSPS) is 12.3. The Bertz CT molecular complexity index is 478. The Morgan fingerprint density at radius 3 is 2.78 bits per heavy atom. The van der Waals surface area contributed by atoms with Crippen LogP contribution in [0.1, 0.15) is 36.1 Å². The van der Waals surface area contributed by atoms with Gasteiger partial charge in [0.2, 0.25) is 0 Å². The second-order valence-corrected chi connectivity index (χ2v) is 5.43. The van der Waals surface area contributed by atoms with Crippen LogP contribution in [-0.4, -0.2) is 10.8 Å². The summed E-state index contributed by atoms with van der Waals surface area (Å²) >= 11 is 1.76. The first-order chi connectivity index (χ1) is 8.77. The molecule has 2 rings (SSSR count). The van der Waals surface area contributed by atoms with Crippen molar-refractivity contribution < 1.29 is 4.79 Å². The van der Waals surface area contributed by atoms with Crippen LogP contribution in [0.4, 0.5) is 0 Å². The van der Waals surface area contributed by atoms with Gasteiger partial charge in [0.05, 0.1) is 0 Å². The van der Waals surface area contributed by atoms with Gasteiger partial charge in [-0.3, -0.25) is 9.78 Å². The molecule has 2 aromatic heterocycles. The molecule has 1 atom stereocenters. The standard InChI is InChI=1S/C15H17NOS/c1-12(13-7-9-16-10-8-13)15(17)6-2-4-14-5-3-11-18-14/h3,5,7-12H,2,4,6H2,1H3. The summed E-state index contributed by atoms with van der Waals surface area (Å²) in [6.07, 6.45) is 6.08. The van der Waals surface area contributed by atoms with Crippen molar-refractivity contribution in [3.63, 3.8) is 0 Å². The molecule has 0 fully saturated rings. The van der Waals surface area contributed by atoms with Crippen LogP contribution in [0.2, 0.25) is 0 Å². The Balaban J connectivity index is 1.81. The van der Waals surface area contributed by atoms with E-state index in [1.165, 1.54) is 4.88 Å². The van der Waals surface area contributed by atoms with E-state index in [9.17, 15) is 4.79 Å². The number of hydrogen-bond donors (Lipinski definition) is 0. The van der Waals surface area contributed by atoms with Gasteiger partial charge in [0, 0.05) is 29.6 Å². The van der Waals surface area contributed by atoms with Crippen molar-refractivity contribution >= 4 is 17.1 Å². The molecule has 2 heterocycles. The number of pyridine rings is 1. The minimum absolute atomic E-state index is 0.0173. The molecule has 0 amide bonds. The van der Waals surface area contributed by atoms with Crippen molar-refractivity contribution in [2.45, 2.75) is 32.1 Å². The fourth-order valence-corrected chi connectivity index (χ4v) is 2.70. The van der Waals surface area contributed by atoms with Crippen LogP contribution in [0.25, 0.3) is 0 Å². The number of aryl methyl sites for hydroxylation is 1. The fourth-order valence-electron chi connectivity index (χ4n) is 1.95. The Labute approximate surface area is 112 Å². The molecule has 0 N–H and O–H groups in total. The third kappa shape index (κ3) is 3.50. The monoisotopic (exact) mass is 259 g/mol. The molecule has 0 aliphatic heterocycles. The Morgan fingerprint density at radius 1 is 1.33 bits per heavy atom. The van der Waals surface area contributed by atoms with Crippen molar-refractivity contribution in [1.82, 2.24) is 4.98 Å². The Hall–Kier alpha value is -1.48. The highest BCUT2D eigenvalue weighted by atomic mass is 32.1. The summed E-state index contributed by atoms with van der Waals surface area (Å²) in [6.45, 7) is 1.98. The molecule has 0 aromatic carbocycles. The van der Waals surface area contributed by atoms with E-state index in [1.807, 2.05) is 19.1 Å². The molecule has 0 aliphatic rings. The molecule has 0 bridgehead atoms. The number of ketones is 1. The van der Waals surface area contributed by atoms with Crippen molar-refractivity contribution in [1.29, 1.82) is 0 Å². The van der Waals surface area contributed by atoms with E-state index < -0.39 is 0 Å². The van der Waals surface area contributed by atoms with Crippen LogP contribution in [-0.2, 0) is 11.2 Å². The summed E-state index contributed by atoms with van der Waals surface area (Å²) in [4.78, 5) is 17.4. The third-order valence-corrected chi connectivity index (χ3v) is 4.05. The maximum atomic E-state index is 12.1. The predicted molar refractivity (Wildman–Crippen MR) is 74.9 cm³/mol. The van der Waals surface area contributed by atoms with Crippen molar-refractivity contribution in [2.75, 3.05) is 0 Å². The number of carbonyl (C=O) groups is 1. The Morgan fingerprint density at radius 2 is 2.11 bits per heavy atom. The SMILES string of the molecule is CC(C(=O)CCCc1cccs1)c1ccncc1. The largest absolute Gasteiger partial charge is 0.299 e. The lowest BCUT2D eigenvalue weighted by molar-refractivity contribution is -0.120. The second-order valence-electron chi connectivity index (χ2n) is 4.40. The highest BCUT2D eigenvalue weighted by molar-refractivity contribution is 7.09. The van der Waals surface area contributed by atoms with E-state index in [4.69, 9.17) is 0 Å². The highest BCUT2D eigenvalue weighted by Crippen LogP contribution is 2.19. The van der Waals surface area contributed by atoms with Crippen molar-refractivity contribution in [3.05, 3.63) is 52.5 Å². The summed E-state index contributed by atoms with van der Waals surface area (Å²) in [5.41, 5.74) is 1.06. The first-order valence-electron chi connectivity index (χ1n) is 6.22. The lowest BCUT2D eigenvalue weighted by Gasteiger charge is -2.10. The van der Waals surface area contributed by atoms with Gasteiger partial charge in [-0.05, 0) is 42.0 Å². The zero-order chi connectivity index (χ0) is 12.8. The quantitative estimate of drug-likeness (QED) is 0.789. The maximum absolute atomic E-state index is 12.1. The zero-order valence-corrected chi connectivity index (χ0v) is 11.3. The van der Waals surface area contributed by atoms with Gasteiger partial charge in [-0.25, -0.2) is 0 Å². The molecule has 94 valence electrons. The van der Waals surface area contributed by atoms with Gasteiger partial charge < -0.3 is 0 Å².